The van der Waals surface area contributed by atoms with E-state index in [9.17, 15) is 14.4 Å². The van der Waals surface area contributed by atoms with Gasteiger partial charge in [0.25, 0.3) is 5.56 Å². The van der Waals surface area contributed by atoms with Gasteiger partial charge < -0.3 is 9.36 Å². The van der Waals surface area contributed by atoms with Crippen LogP contribution in [0.15, 0.2) is 21.7 Å². The van der Waals surface area contributed by atoms with Crippen LogP contribution >= 0.6 is 11.6 Å². The molecule has 2 heterocycles. The summed E-state index contributed by atoms with van der Waals surface area (Å²) in [6.07, 6.45) is 0.653. The normalized spacial score (nSPS) is 10.4. The lowest BCUT2D eigenvalue weighted by Gasteiger charge is -2.15. The molecule has 3 rings (SSSR count). The minimum Gasteiger partial charge on any atom is -0.315 e. The van der Waals surface area contributed by atoms with E-state index in [2.05, 4.69) is 15.0 Å². The first kappa shape index (κ1) is 16.8. The smallest absolute Gasteiger partial charge is 0.315 e. The molecule has 0 saturated carbocycles. The van der Waals surface area contributed by atoms with Gasteiger partial charge in [0.1, 0.15) is 6.29 Å². The van der Waals surface area contributed by atoms with Crippen LogP contribution in [0.3, 0.4) is 0 Å². The van der Waals surface area contributed by atoms with Crippen LogP contribution in [0, 0.1) is 6.92 Å². The van der Waals surface area contributed by atoms with Crippen molar-refractivity contribution in [3.8, 4) is 11.5 Å². The molecule has 120 valence electrons. The van der Waals surface area contributed by atoms with Crippen molar-refractivity contribution in [1.29, 1.82) is 0 Å². The maximum atomic E-state index is 11.9. The molecule has 23 heavy (non-hydrogen) atoms. The number of halogens is 1. The molecule has 7 nitrogen and oxygen atoms in total. The van der Waals surface area contributed by atoms with Crippen LogP contribution in [-0.2, 0) is 11.3 Å². The average Bonchev–Trinajstić information content (AvgIpc) is 2.52. The van der Waals surface area contributed by atoms with Crippen LogP contribution in [0.5, 0.6) is 0 Å². The molecule has 1 aromatic rings. The number of aromatic amines is 1. The number of benzene rings is 1. The van der Waals surface area contributed by atoms with Crippen LogP contribution in [0.2, 0.25) is 5.02 Å². The summed E-state index contributed by atoms with van der Waals surface area (Å²) in [6, 6.07) is 3.35. The largest absolute Gasteiger partial charge is 0.349 e. The number of rotatable bonds is 2. The lowest BCUT2D eigenvalue weighted by atomic mass is 10.2. The molecule has 0 atom stereocenters. The fraction of sp³-hybridized carbons (Fsp3) is 0.267. The van der Waals surface area contributed by atoms with E-state index in [1.54, 1.807) is 19.1 Å². The number of nitrogens with zero attached hydrogens (tertiary/aromatic N) is 3. The molecule has 0 spiro atoms. The summed E-state index contributed by atoms with van der Waals surface area (Å²) in [6.45, 7) is 5.74. The zero-order valence-corrected chi connectivity index (χ0v) is 13.6. The minimum absolute atomic E-state index is 0.00525. The van der Waals surface area contributed by atoms with Crippen LogP contribution in [0.4, 0.5) is 0 Å². The number of aldehydes is 1. The monoisotopic (exact) mass is 334 g/mol. The highest BCUT2D eigenvalue weighted by atomic mass is 35.5. The molecule has 0 amide bonds. The number of H-pyrrole nitrogens is 1. The van der Waals surface area contributed by atoms with Gasteiger partial charge in [-0.15, -0.1) is 0 Å². The zero-order valence-electron chi connectivity index (χ0n) is 12.9. The number of carbonyl (C=O) groups is 1. The summed E-state index contributed by atoms with van der Waals surface area (Å²) in [5, 5.41) is 0.496. The SMILES string of the molecule is CC.Cc1cc2nc3c(=O)[nH]c(=O)nc-3n(CC=O)c2cc1Cl. The Morgan fingerprint density at radius 2 is 1.96 bits per heavy atom. The van der Waals surface area contributed by atoms with Crippen molar-refractivity contribution in [2.45, 2.75) is 27.3 Å². The number of carbonyl (C=O) groups excluding carboxylic acids is 1. The Morgan fingerprint density at radius 1 is 1.26 bits per heavy atom. The Bertz CT molecular complexity index is 961. The number of hydrogen-bond donors (Lipinski definition) is 1. The van der Waals surface area contributed by atoms with E-state index < -0.39 is 11.2 Å². The predicted molar refractivity (Wildman–Crippen MR) is 88.2 cm³/mol. The van der Waals surface area contributed by atoms with Crippen LogP contribution in [0.25, 0.3) is 22.6 Å². The van der Waals surface area contributed by atoms with Gasteiger partial charge in [0.2, 0.25) is 0 Å². The van der Waals surface area contributed by atoms with E-state index in [-0.39, 0.29) is 18.1 Å². The molecule has 8 heteroatoms. The fourth-order valence-electron chi connectivity index (χ4n) is 2.18. The van der Waals surface area contributed by atoms with Crippen molar-refractivity contribution in [3.05, 3.63) is 43.6 Å². The average molecular weight is 335 g/mol. The Hall–Kier alpha value is -2.54. The van der Waals surface area contributed by atoms with E-state index in [4.69, 9.17) is 11.6 Å². The van der Waals surface area contributed by atoms with Crippen LogP contribution in [0.1, 0.15) is 19.4 Å². The van der Waals surface area contributed by atoms with E-state index >= 15 is 0 Å². The molecule has 2 aliphatic heterocycles. The Kier molecular flexibility index (Phi) is 4.90. The quantitative estimate of drug-likeness (QED) is 0.569. The van der Waals surface area contributed by atoms with Gasteiger partial charge in [-0.3, -0.25) is 9.78 Å². The third kappa shape index (κ3) is 3.00. The molecule has 0 fully saturated rings. The highest BCUT2D eigenvalue weighted by Gasteiger charge is 2.18. The lowest BCUT2D eigenvalue weighted by Crippen LogP contribution is -2.29. The lowest BCUT2D eigenvalue weighted by molar-refractivity contribution is -0.108. The highest BCUT2D eigenvalue weighted by molar-refractivity contribution is 6.32. The number of nitrogens with one attached hydrogen (secondary N) is 1. The molecule has 0 radical (unpaired) electrons. The second kappa shape index (κ2) is 6.70. The third-order valence-electron chi connectivity index (χ3n) is 3.15. The summed E-state index contributed by atoms with van der Waals surface area (Å²) in [4.78, 5) is 44.2. The van der Waals surface area contributed by atoms with Crippen molar-refractivity contribution < 1.29 is 4.79 Å². The standard InChI is InChI=1S/C13H9ClN4O3.C2H6/c1-6-4-8-9(5-7(6)14)18(2-3-19)11-10(15-8)12(20)17-13(21)16-11;1-2/h3-5H,2H2,1H3,(H,17,20,21);1-2H3. The van der Waals surface area contributed by atoms with Gasteiger partial charge in [0, 0.05) is 5.02 Å². The molecular weight excluding hydrogens is 320 g/mol. The predicted octanol–water partition coefficient (Wildman–Crippen LogP) is 1.77. The molecule has 0 bridgehead atoms. The summed E-state index contributed by atoms with van der Waals surface area (Å²) < 4.78 is 1.45. The molecule has 1 aromatic carbocycles. The zero-order chi connectivity index (χ0) is 17.1. The molecular formula is C15H15ClN4O3. The van der Waals surface area contributed by atoms with Gasteiger partial charge in [0.15, 0.2) is 11.5 Å². The van der Waals surface area contributed by atoms with Gasteiger partial charge in [-0.25, -0.2) is 9.78 Å². The molecule has 0 aromatic heterocycles. The van der Waals surface area contributed by atoms with E-state index in [1.165, 1.54) is 4.57 Å². The van der Waals surface area contributed by atoms with Crippen molar-refractivity contribution in [2.75, 3.05) is 0 Å². The first-order chi connectivity index (χ1) is 11.0. The minimum atomic E-state index is -0.786. The fourth-order valence-corrected chi connectivity index (χ4v) is 2.34. The topological polar surface area (TPSA) is 97.7 Å². The summed E-state index contributed by atoms with van der Waals surface area (Å²) in [7, 11) is 0. The highest BCUT2D eigenvalue weighted by Crippen LogP contribution is 2.25. The first-order valence-electron chi connectivity index (χ1n) is 7.05. The van der Waals surface area contributed by atoms with Gasteiger partial charge in [-0.2, -0.15) is 4.98 Å². The van der Waals surface area contributed by atoms with Gasteiger partial charge in [0.05, 0.1) is 17.6 Å². The number of aryl methyl sites for hydroxylation is 1. The van der Waals surface area contributed by atoms with E-state index in [0.29, 0.717) is 22.3 Å². The van der Waals surface area contributed by atoms with Crippen molar-refractivity contribution in [1.82, 2.24) is 19.5 Å². The second-order valence-corrected chi connectivity index (χ2v) is 4.93. The Labute approximate surface area is 136 Å². The van der Waals surface area contributed by atoms with Gasteiger partial charge in [-0.1, -0.05) is 25.4 Å². The maximum Gasteiger partial charge on any atom is 0.349 e. The molecule has 1 N–H and O–H groups in total. The summed E-state index contributed by atoms with van der Waals surface area (Å²) in [5.74, 6) is 0.0586. The second-order valence-electron chi connectivity index (χ2n) is 4.52. The van der Waals surface area contributed by atoms with Crippen LogP contribution < -0.4 is 11.2 Å². The van der Waals surface area contributed by atoms with Crippen molar-refractivity contribution >= 4 is 28.9 Å². The first-order valence-corrected chi connectivity index (χ1v) is 7.43. The molecule has 0 saturated heterocycles. The molecule has 0 aliphatic carbocycles. The van der Waals surface area contributed by atoms with E-state index in [1.807, 2.05) is 13.8 Å². The van der Waals surface area contributed by atoms with Gasteiger partial charge >= 0.3 is 5.69 Å². The summed E-state index contributed by atoms with van der Waals surface area (Å²) in [5.41, 5.74) is 0.398. The molecule has 2 aliphatic rings. The molecule has 0 unspecified atom stereocenters. The summed E-state index contributed by atoms with van der Waals surface area (Å²) >= 11 is 6.09. The third-order valence-corrected chi connectivity index (χ3v) is 3.55. The Balaban J connectivity index is 0.000000924. The Morgan fingerprint density at radius 3 is 2.61 bits per heavy atom. The number of fused-ring (bicyclic) bond motifs is 2. The number of hydrogen-bond acceptors (Lipinski definition) is 5. The van der Waals surface area contributed by atoms with E-state index in [0.717, 1.165) is 5.56 Å². The van der Waals surface area contributed by atoms with Crippen LogP contribution in [-0.4, -0.2) is 25.8 Å². The maximum absolute atomic E-state index is 11.9. The number of aromatic nitrogens is 4. The van der Waals surface area contributed by atoms with Crippen molar-refractivity contribution in [2.24, 2.45) is 0 Å². The van der Waals surface area contributed by atoms with Crippen molar-refractivity contribution in [3.63, 3.8) is 0 Å². The van der Waals surface area contributed by atoms with Gasteiger partial charge in [-0.05, 0) is 24.6 Å².